The van der Waals surface area contributed by atoms with E-state index < -0.39 is 22.0 Å². The molecule has 376 valence electrons. The van der Waals surface area contributed by atoms with Crippen LogP contribution in [0.1, 0.15) is 83.1 Å². The van der Waals surface area contributed by atoms with Gasteiger partial charge in [0.1, 0.15) is 21.5 Å². The van der Waals surface area contributed by atoms with E-state index in [2.05, 4.69) is 85.0 Å². The van der Waals surface area contributed by atoms with Crippen molar-refractivity contribution in [3.8, 4) is 43.8 Å². The van der Waals surface area contributed by atoms with Crippen LogP contribution in [0.25, 0.3) is 56.6 Å². The number of carbonyl (C=O) groups is 1. The number of ether oxygens (including phenoxy) is 2. The lowest BCUT2D eigenvalue weighted by molar-refractivity contribution is 0.0801. The van der Waals surface area contributed by atoms with Gasteiger partial charge in [0.25, 0.3) is 10.1 Å². The maximum absolute atomic E-state index is 13.4. The van der Waals surface area contributed by atoms with Crippen molar-refractivity contribution in [1.29, 1.82) is 0 Å². The minimum Gasteiger partial charge on any atom is -0.497 e. The molecule has 0 spiro atoms. The molecule has 8 aromatic rings. The molecule has 0 saturated carbocycles. The molecule has 74 heavy (non-hydrogen) atoms. The zero-order chi connectivity index (χ0) is 53.0. The fraction of sp³-hybridized carbons (Fsp3) is 0.127. The molecule has 1 heterocycles. The van der Waals surface area contributed by atoms with Crippen LogP contribution < -0.4 is 15.2 Å². The zero-order valence-corrected chi connectivity index (χ0v) is 45.0. The molecule has 0 aliphatic heterocycles. The van der Waals surface area contributed by atoms with Crippen molar-refractivity contribution >= 4 is 68.7 Å². The molecule has 11 heteroatoms. The van der Waals surface area contributed by atoms with Crippen molar-refractivity contribution in [2.24, 2.45) is 5.73 Å². The molecule has 0 fully saturated rings. The zero-order valence-electron chi connectivity index (χ0n) is 42.6. The monoisotopic (exact) mass is 1040 g/mol. The van der Waals surface area contributed by atoms with Crippen molar-refractivity contribution in [3.05, 3.63) is 239 Å². The average Bonchev–Trinajstić information content (AvgIpc) is 3.87. The first-order valence-corrected chi connectivity index (χ1v) is 26.5. The Kier molecular flexibility index (Phi) is 20.5. The number of benzene rings is 7. The van der Waals surface area contributed by atoms with Gasteiger partial charge in [-0.25, -0.2) is 9.17 Å². The second-order valence-electron chi connectivity index (χ2n) is 16.7. The Morgan fingerprint density at radius 2 is 0.959 bits per heavy atom. The summed E-state index contributed by atoms with van der Waals surface area (Å²) >= 11 is 6.50. The van der Waals surface area contributed by atoms with Crippen molar-refractivity contribution in [2.75, 3.05) is 14.2 Å². The fourth-order valence-corrected chi connectivity index (χ4v) is 9.69. The van der Waals surface area contributed by atoms with Crippen molar-refractivity contribution in [3.63, 3.8) is 0 Å². The summed E-state index contributed by atoms with van der Waals surface area (Å²) in [4.78, 5) is 20.0. The maximum Gasteiger partial charge on any atom is 0.298 e. The molecule has 0 bridgehead atoms. The van der Waals surface area contributed by atoms with Gasteiger partial charge in [-0.3, -0.25) is 4.79 Å². The molecule has 0 amide bonds. The van der Waals surface area contributed by atoms with Crippen LogP contribution in [-0.4, -0.2) is 38.4 Å². The Bertz CT molecular complexity index is 3250. The molecular weight excluding hydrogens is 977 g/mol. The highest BCUT2D eigenvalue weighted by molar-refractivity contribution is 7.86. The van der Waals surface area contributed by atoms with Gasteiger partial charge < -0.3 is 15.2 Å². The number of Topliss-reactive ketones (excluding diaryl/α,β-unsaturated/α-hetero) is 1. The SMILES string of the molecule is C/C=C/c1ccc(-c2nc(-c3ccc(OC)cc3)sc2-c2ccc(/C=C/C)cc2)cc1.C/C=C/c1ccc(C(=O)C(OS(=O)(=O)c2ccc(C)cc2)c2ccc(/C=C/C)cc2)cc1.COc1ccc(C(N)=S)cc1. The molecule has 7 aromatic carbocycles. The number of aromatic nitrogens is 1. The molecule has 0 saturated heterocycles. The Hall–Kier alpha value is -7.80. The number of nitrogens with two attached hydrogens (primary N) is 1. The molecular formula is C63H60N2O6S3. The Morgan fingerprint density at radius 3 is 1.41 bits per heavy atom. The van der Waals surface area contributed by atoms with E-state index >= 15 is 0 Å². The second-order valence-corrected chi connectivity index (χ2v) is 19.7. The predicted molar refractivity (Wildman–Crippen MR) is 312 cm³/mol. The summed E-state index contributed by atoms with van der Waals surface area (Å²) in [6.45, 7) is 9.76. The van der Waals surface area contributed by atoms with Gasteiger partial charge in [0.05, 0.1) is 29.7 Å². The van der Waals surface area contributed by atoms with E-state index in [1.54, 1.807) is 62.0 Å². The number of thiazole rings is 1. The van der Waals surface area contributed by atoms with E-state index in [1.165, 1.54) is 33.7 Å². The number of ketones is 1. The van der Waals surface area contributed by atoms with E-state index in [0.29, 0.717) is 16.1 Å². The molecule has 0 aliphatic carbocycles. The molecule has 1 aromatic heterocycles. The van der Waals surface area contributed by atoms with Crippen LogP contribution in [0, 0.1) is 6.92 Å². The minimum absolute atomic E-state index is 0.00914. The van der Waals surface area contributed by atoms with Gasteiger partial charge in [-0.1, -0.05) is 176 Å². The third kappa shape index (κ3) is 15.4. The largest absolute Gasteiger partial charge is 0.497 e. The smallest absolute Gasteiger partial charge is 0.298 e. The van der Waals surface area contributed by atoms with Crippen LogP contribution in [0.3, 0.4) is 0 Å². The first-order valence-electron chi connectivity index (χ1n) is 23.8. The number of hydrogen-bond donors (Lipinski definition) is 1. The van der Waals surface area contributed by atoms with Crippen LogP contribution in [0.4, 0.5) is 0 Å². The van der Waals surface area contributed by atoms with Crippen molar-refractivity contribution in [1.82, 2.24) is 4.98 Å². The molecule has 2 N–H and O–H groups in total. The van der Waals surface area contributed by atoms with Crippen molar-refractivity contribution in [2.45, 2.75) is 45.6 Å². The number of methoxy groups -OCH3 is 2. The van der Waals surface area contributed by atoms with Gasteiger partial charge in [-0.05, 0) is 129 Å². The van der Waals surface area contributed by atoms with Gasteiger partial charge in [0.15, 0.2) is 11.9 Å². The lowest BCUT2D eigenvalue weighted by Gasteiger charge is -2.18. The number of nitrogens with zero attached hydrogens (tertiary/aromatic N) is 1. The minimum atomic E-state index is -4.16. The van der Waals surface area contributed by atoms with Gasteiger partial charge in [0.2, 0.25) is 0 Å². The molecule has 1 atom stereocenters. The maximum atomic E-state index is 13.4. The number of carbonyl (C=O) groups excluding carboxylic acids is 1. The number of rotatable bonds is 16. The summed E-state index contributed by atoms with van der Waals surface area (Å²) in [7, 11) is -0.856. The first kappa shape index (κ1) is 55.5. The Morgan fingerprint density at radius 1 is 0.554 bits per heavy atom. The van der Waals surface area contributed by atoms with E-state index in [-0.39, 0.29) is 4.90 Å². The molecule has 1 unspecified atom stereocenters. The standard InChI is InChI=1S/C28H25NOS.C27H26O4S.C8H9NOS/c1-4-6-20-8-12-22(13-9-20)26-27(23-14-10-21(7-5-2)11-15-23)31-28(29-26)24-16-18-25(30-3)19-17-24;1-4-6-21-10-14-23(15-11-21)26(28)27(24-16-12-22(7-5-2)13-17-24)31-32(29,30)25-18-8-20(3)9-19-25;1-10-7-4-2-6(3-5-7)8(9)11/h4-19H,1-3H3;4-19,27H,1-3H3;2-5H,1H3,(H2,9,11)/b2*6-4+,7-5+;. The van der Waals surface area contributed by atoms with E-state index in [1.807, 2.05) is 120 Å². The highest BCUT2D eigenvalue weighted by Crippen LogP contribution is 2.41. The van der Waals surface area contributed by atoms with Gasteiger partial charge in [-0.2, -0.15) is 8.42 Å². The summed E-state index contributed by atoms with van der Waals surface area (Å²) in [5.41, 5.74) is 16.7. The Balaban J connectivity index is 0.000000200. The summed E-state index contributed by atoms with van der Waals surface area (Å²) in [5.74, 6) is 1.23. The molecule has 8 nitrogen and oxygen atoms in total. The molecule has 8 rings (SSSR count). The predicted octanol–water partition coefficient (Wildman–Crippen LogP) is 15.9. The van der Waals surface area contributed by atoms with Crippen LogP contribution in [-0.2, 0) is 14.3 Å². The highest BCUT2D eigenvalue weighted by atomic mass is 32.2. The number of thiocarbonyl (C=S) groups is 1. The normalized spacial score (nSPS) is 11.8. The third-order valence-electron chi connectivity index (χ3n) is 11.3. The van der Waals surface area contributed by atoms with Gasteiger partial charge >= 0.3 is 0 Å². The number of aryl methyl sites for hydroxylation is 1. The summed E-state index contributed by atoms with van der Waals surface area (Å²) in [6.07, 6.45) is 14.7. The van der Waals surface area contributed by atoms with E-state index in [9.17, 15) is 13.2 Å². The first-order chi connectivity index (χ1) is 35.8. The topological polar surface area (TPSA) is 118 Å². The van der Waals surface area contributed by atoms with E-state index in [4.69, 9.17) is 36.6 Å². The summed E-state index contributed by atoms with van der Waals surface area (Å²) < 4.78 is 41.8. The van der Waals surface area contributed by atoms with Crippen LogP contribution in [0.15, 0.2) is 199 Å². The lowest BCUT2D eigenvalue weighted by atomic mass is 9.98. The fourth-order valence-electron chi connectivity index (χ4n) is 7.42. The van der Waals surface area contributed by atoms with Gasteiger partial charge in [0, 0.05) is 22.3 Å². The van der Waals surface area contributed by atoms with Crippen molar-refractivity contribution < 1.29 is 26.9 Å². The number of allylic oxidation sites excluding steroid dienone is 4. The van der Waals surface area contributed by atoms with Crippen LogP contribution >= 0.6 is 23.6 Å². The molecule has 0 aliphatic rings. The lowest BCUT2D eigenvalue weighted by Crippen LogP contribution is -2.20. The Labute approximate surface area is 446 Å². The second kappa shape index (κ2) is 27.3. The quantitative estimate of drug-likeness (QED) is 0.0573. The van der Waals surface area contributed by atoms with Gasteiger partial charge in [-0.15, -0.1) is 11.3 Å². The summed E-state index contributed by atoms with van der Waals surface area (Å²) in [6, 6.07) is 53.1. The molecule has 0 radical (unpaired) electrons. The number of hydrogen-bond acceptors (Lipinski definition) is 9. The highest BCUT2D eigenvalue weighted by Gasteiger charge is 2.30. The average molecular weight is 1040 g/mol. The van der Waals surface area contributed by atoms with Crippen LogP contribution in [0.5, 0.6) is 11.5 Å². The third-order valence-corrected chi connectivity index (χ3v) is 14.0. The summed E-state index contributed by atoms with van der Waals surface area (Å²) in [5, 5.41) is 1.00. The van der Waals surface area contributed by atoms with E-state index in [0.717, 1.165) is 55.6 Å². The van der Waals surface area contributed by atoms with Crippen LogP contribution in [0.2, 0.25) is 0 Å².